The molecule has 1 fully saturated rings. The molecule has 1 saturated heterocycles. The molecule has 2 aromatic carbocycles. The van der Waals surface area contributed by atoms with Crippen LogP contribution in [-0.4, -0.2) is 50.7 Å². The number of nitrogens with zero attached hydrogens (tertiary/aromatic N) is 3. The van der Waals surface area contributed by atoms with Gasteiger partial charge in [-0.3, -0.25) is 9.59 Å². The summed E-state index contributed by atoms with van der Waals surface area (Å²) in [6.07, 6.45) is 4.82. The van der Waals surface area contributed by atoms with Gasteiger partial charge in [-0.15, -0.1) is 0 Å². The fraction of sp³-hybridized carbons (Fsp3) is 0.214. The molecule has 0 spiro atoms. The summed E-state index contributed by atoms with van der Waals surface area (Å²) in [6.45, 7) is 2.81. The number of hydrogen-bond acceptors (Lipinski definition) is 6. The fourth-order valence-electron chi connectivity index (χ4n) is 4.50. The molecule has 8 nitrogen and oxygen atoms in total. The van der Waals surface area contributed by atoms with E-state index in [-0.39, 0.29) is 22.8 Å². The third kappa shape index (κ3) is 5.13. The number of fused-ring (bicyclic) bond motifs is 1. The van der Waals surface area contributed by atoms with Gasteiger partial charge >= 0.3 is 0 Å². The SMILES string of the molecule is CC#CC(=O)N1CCCC1CNc1ncnc2[nH]cc(C(=O)c3ccc(Oc4ccccc4)cc3Cl)c12. The van der Waals surface area contributed by atoms with Gasteiger partial charge in [0.25, 0.3) is 5.91 Å². The summed E-state index contributed by atoms with van der Waals surface area (Å²) in [5, 5.41) is 4.16. The van der Waals surface area contributed by atoms with Crippen molar-refractivity contribution in [3.05, 3.63) is 77.2 Å². The molecule has 1 aliphatic rings. The van der Waals surface area contributed by atoms with E-state index in [0.717, 1.165) is 12.8 Å². The first-order valence-corrected chi connectivity index (χ1v) is 12.3. The van der Waals surface area contributed by atoms with Gasteiger partial charge in [0.1, 0.15) is 29.3 Å². The lowest BCUT2D eigenvalue weighted by Gasteiger charge is -2.23. The van der Waals surface area contributed by atoms with Gasteiger partial charge in [-0.1, -0.05) is 35.7 Å². The third-order valence-electron chi connectivity index (χ3n) is 6.25. The maximum atomic E-state index is 13.5. The number of carbonyl (C=O) groups is 2. The molecular weight excluding hydrogens is 490 g/mol. The summed E-state index contributed by atoms with van der Waals surface area (Å²) in [5.41, 5.74) is 1.26. The van der Waals surface area contributed by atoms with Crippen LogP contribution in [0.3, 0.4) is 0 Å². The average molecular weight is 514 g/mol. The number of nitrogens with one attached hydrogen (secondary N) is 2. The van der Waals surface area contributed by atoms with Crippen molar-refractivity contribution in [2.75, 3.05) is 18.4 Å². The Balaban J connectivity index is 1.38. The van der Waals surface area contributed by atoms with E-state index in [1.807, 2.05) is 30.3 Å². The second kappa shape index (κ2) is 10.7. The fourth-order valence-corrected chi connectivity index (χ4v) is 4.75. The summed E-state index contributed by atoms with van der Waals surface area (Å²) in [4.78, 5) is 39.4. The van der Waals surface area contributed by atoms with Crippen molar-refractivity contribution in [1.82, 2.24) is 19.9 Å². The second-order valence-corrected chi connectivity index (χ2v) is 8.99. The number of aromatic nitrogens is 3. The number of para-hydroxylation sites is 1. The number of rotatable bonds is 7. The molecule has 1 amide bonds. The first kappa shape index (κ1) is 24.3. The zero-order valence-corrected chi connectivity index (χ0v) is 20.9. The molecule has 2 N–H and O–H groups in total. The molecule has 1 unspecified atom stereocenters. The first-order chi connectivity index (χ1) is 18.0. The number of likely N-dealkylation sites (tertiary alicyclic amines) is 1. The standard InChI is InChI=1S/C28H24ClN5O3/c1-2-7-24(35)34-13-6-8-18(34)15-30-27-25-22(16-31-28(25)33-17-32-27)26(36)21-12-11-20(14-23(21)29)37-19-9-4-3-5-10-19/h3-5,9-12,14,16-18H,6,8,13,15H2,1H3,(H2,30,31,32,33). The van der Waals surface area contributed by atoms with Gasteiger partial charge in [-0.25, -0.2) is 9.97 Å². The van der Waals surface area contributed by atoms with Crippen molar-refractivity contribution < 1.29 is 14.3 Å². The van der Waals surface area contributed by atoms with Crippen LogP contribution in [0.5, 0.6) is 11.5 Å². The highest BCUT2D eigenvalue weighted by Crippen LogP contribution is 2.31. The molecule has 0 radical (unpaired) electrons. The van der Waals surface area contributed by atoms with E-state index >= 15 is 0 Å². The minimum Gasteiger partial charge on any atom is -0.457 e. The Kier molecular flexibility index (Phi) is 7.06. The molecule has 37 heavy (non-hydrogen) atoms. The predicted octanol–water partition coefficient (Wildman–Crippen LogP) is 5.06. The highest BCUT2D eigenvalue weighted by Gasteiger charge is 2.28. The molecule has 0 aliphatic carbocycles. The zero-order chi connectivity index (χ0) is 25.8. The Bertz CT molecular complexity index is 1520. The lowest BCUT2D eigenvalue weighted by Crippen LogP contribution is -2.39. The lowest BCUT2D eigenvalue weighted by atomic mass is 10.0. The molecule has 9 heteroatoms. The van der Waals surface area contributed by atoms with Gasteiger partial charge in [-0.2, -0.15) is 0 Å². The summed E-state index contributed by atoms with van der Waals surface area (Å²) in [5.74, 6) is 6.56. The van der Waals surface area contributed by atoms with Crippen LogP contribution < -0.4 is 10.1 Å². The predicted molar refractivity (Wildman–Crippen MR) is 142 cm³/mol. The smallest absolute Gasteiger partial charge is 0.298 e. The summed E-state index contributed by atoms with van der Waals surface area (Å²) < 4.78 is 5.83. The number of benzene rings is 2. The number of aromatic amines is 1. The maximum absolute atomic E-state index is 13.5. The molecule has 3 heterocycles. The molecule has 186 valence electrons. The van der Waals surface area contributed by atoms with Crippen molar-refractivity contribution in [3.8, 4) is 23.3 Å². The van der Waals surface area contributed by atoms with Crippen molar-refractivity contribution in [3.63, 3.8) is 0 Å². The molecular formula is C28H24ClN5O3. The third-order valence-corrected chi connectivity index (χ3v) is 6.57. The molecule has 4 aromatic rings. The monoisotopic (exact) mass is 513 g/mol. The topological polar surface area (TPSA) is 100 Å². The van der Waals surface area contributed by atoms with E-state index in [9.17, 15) is 9.59 Å². The Hall–Kier alpha value is -4.35. The molecule has 0 saturated carbocycles. The van der Waals surface area contributed by atoms with E-state index in [2.05, 4.69) is 32.1 Å². The van der Waals surface area contributed by atoms with Gasteiger partial charge in [0.15, 0.2) is 5.78 Å². The molecule has 1 aliphatic heterocycles. The normalized spacial score (nSPS) is 14.8. The van der Waals surface area contributed by atoms with E-state index in [0.29, 0.717) is 52.6 Å². The van der Waals surface area contributed by atoms with Gasteiger partial charge in [0.2, 0.25) is 0 Å². The Morgan fingerprint density at radius 2 is 2.00 bits per heavy atom. The molecule has 2 aromatic heterocycles. The number of anilines is 1. The van der Waals surface area contributed by atoms with Crippen molar-refractivity contribution in [2.24, 2.45) is 0 Å². The average Bonchev–Trinajstić information content (AvgIpc) is 3.56. The number of hydrogen-bond donors (Lipinski definition) is 2. The number of ether oxygens (including phenoxy) is 1. The Morgan fingerprint density at radius 3 is 2.78 bits per heavy atom. The summed E-state index contributed by atoms with van der Waals surface area (Å²) >= 11 is 6.51. The number of H-pyrrole nitrogens is 1. The largest absolute Gasteiger partial charge is 0.457 e. The summed E-state index contributed by atoms with van der Waals surface area (Å²) in [7, 11) is 0. The van der Waals surface area contributed by atoms with Crippen LogP contribution >= 0.6 is 11.6 Å². The first-order valence-electron chi connectivity index (χ1n) is 11.9. The molecule has 0 bridgehead atoms. The minimum absolute atomic E-state index is 0.0111. The van der Waals surface area contributed by atoms with Crippen molar-refractivity contribution in [2.45, 2.75) is 25.8 Å². The highest BCUT2D eigenvalue weighted by atomic mass is 35.5. The van der Waals surface area contributed by atoms with Crippen LogP contribution in [0.15, 0.2) is 61.1 Å². The zero-order valence-electron chi connectivity index (χ0n) is 20.1. The second-order valence-electron chi connectivity index (χ2n) is 8.58. The van der Waals surface area contributed by atoms with Crippen molar-refractivity contribution >= 4 is 40.1 Å². The van der Waals surface area contributed by atoms with Crippen LogP contribution in [0.25, 0.3) is 11.0 Å². The summed E-state index contributed by atoms with van der Waals surface area (Å²) in [6, 6.07) is 14.3. The van der Waals surface area contributed by atoms with Gasteiger partial charge < -0.3 is 19.9 Å². The van der Waals surface area contributed by atoms with Crippen LogP contribution in [-0.2, 0) is 4.79 Å². The van der Waals surface area contributed by atoms with Crippen LogP contribution in [0, 0.1) is 11.8 Å². The van der Waals surface area contributed by atoms with E-state index in [4.69, 9.17) is 16.3 Å². The Morgan fingerprint density at radius 1 is 1.16 bits per heavy atom. The number of carbonyl (C=O) groups excluding carboxylic acids is 2. The van der Waals surface area contributed by atoms with E-state index in [1.165, 1.54) is 6.33 Å². The van der Waals surface area contributed by atoms with Gasteiger partial charge in [-0.05, 0) is 50.0 Å². The van der Waals surface area contributed by atoms with Crippen molar-refractivity contribution in [1.29, 1.82) is 0 Å². The van der Waals surface area contributed by atoms with Crippen LogP contribution in [0.4, 0.5) is 5.82 Å². The highest BCUT2D eigenvalue weighted by molar-refractivity contribution is 6.35. The van der Waals surface area contributed by atoms with Crippen LogP contribution in [0.2, 0.25) is 5.02 Å². The van der Waals surface area contributed by atoms with Gasteiger partial charge in [0.05, 0.1) is 16.0 Å². The van der Waals surface area contributed by atoms with Gasteiger partial charge in [0, 0.05) is 37.0 Å². The number of amides is 1. The van der Waals surface area contributed by atoms with E-state index < -0.39 is 0 Å². The Labute approximate surface area is 219 Å². The maximum Gasteiger partial charge on any atom is 0.298 e. The van der Waals surface area contributed by atoms with Crippen LogP contribution in [0.1, 0.15) is 35.7 Å². The molecule has 1 atom stereocenters. The minimum atomic E-state index is -0.267. The number of halogens is 1. The number of ketones is 1. The molecule has 5 rings (SSSR count). The van der Waals surface area contributed by atoms with E-state index in [1.54, 1.807) is 36.2 Å². The quantitative estimate of drug-likeness (QED) is 0.264. The lowest BCUT2D eigenvalue weighted by molar-refractivity contribution is -0.125.